The van der Waals surface area contributed by atoms with Crippen LogP contribution in [0.3, 0.4) is 0 Å². The van der Waals surface area contributed by atoms with E-state index < -0.39 is 0 Å². The van der Waals surface area contributed by atoms with E-state index in [0.717, 1.165) is 11.8 Å². The molecule has 0 bridgehead atoms. The van der Waals surface area contributed by atoms with Crippen LogP contribution in [0.2, 0.25) is 0 Å². The van der Waals surface area contributed by atoms with Gasteiger partial charge in [0.2, 0.25) is 0 Å². The zero-order valence-electron chi connectivity index (χ0n) is 11.6. The van der Waals surface area contributed by atoms with Crippen LogP contribution >= 0.6 is 15.9 Å². The Morgan fingerprint density at radius 3 is 1.59 bits per heavy atom. The lowest BCUT2D eigenvalue weighted by Crippen LogP contribution is -1.82. The summed E-state index contributed by atoms with van der Waals surface area (Å²) in [4.78, 5) is 0. The Hall–Kier alpha value is 0.0400. The maximum absolute atomic E-state index is 3.31. The van der Waals surface area contributed by atoms with Gasteiger partial charge in [-0.2, -0.15) is 0 Å². The van der Waals surface area contributed by atoms with Gasteiger partial charge in [0.05, 0.1) is 5.33 Å². The third-order valence-corrected chi connectivity index (χ3v) is 3.38. The second kappa shape index (κ2) is 16.0. The zero-order valence-corrected chi connectivity index (χ0v) is 13.2. The van der Waals surface area contributed by atoms with Gasteiger partial charge in [-0.1, -0.05) is 93.0 Å². The van der Waals surface area contributed by atoms with Crippen LogP contribution in [0, 0.1) is 11.8 Å². The predicted octanol–water partition coefficient (Wildman–Crippen LogP) is 6.09. The third-order valence-electron chi connectivity index (χ3n) is 3.10. The second-order valence-corrected chi connectivity index (χ2v) is 5.33. The van der Waals surface area contributed by atoms with Gasteiger partial charge in [0, 0.05) is 6.42 Å². The smallest absolute Gasteiger partial charge is 0.0645 e. The van der Waals surface area contributed by atoms with Crippen molar-refractivity contribution in [1.82, 2.24) is 0 Å². The monoisotopic (exact) mass is 300 g/mol. The van der Waals surface area contributed by atoms with E-state index >= 15 is 0 Å². The van der Waals surface area contributed by atoms with Gasteiger partial charge in [0.15, 0.2) is 0 Å². The standard InChI is InChI=1S/C16H29Br/c1-2-3-4-5-6-7-8-9-10-11-12-13-14-15-16-17/h2-13,16H2,1H3. The minimum atomic E-state index is 0.824. The van der Waals surface area contributed by atoms with Gasteiger partial charge in [0.1, 0.15) is 0 Å². The average molecular weight is 301 g/mol. The average Bonchev–Trinajstić information content (AvgIpc) is 2.35. The molecule has 0 fully saturated rings. The SMILES string of the molecule is CCCCCCCCCCCCCC#CCBr. The van der Waals surface area contributed by atoms with Crippen molar-refractivity contribution in [2.24, 2.45) is 0 Å². The summed E-state index contributed by atoms with van der Waals surface area (Å²) in [6.07, 6.45) is 16.6. The second-order valence-electron chi connectivity index (χ2n) is 4.77. The van der Waals surface area contributed by atoms with Crippen molar-refractivity contribution in [1.29, 1.82) is 0 Å². The molecule has 0 amide bonds. The highest BCUT2D eigenvalue weighted by atomic mass is 79.9. The Kier molecular flexibility index (Phi) is 16.1. The van der Waals surface area contributed by atoms with E-state index in [0.29, 0.717) is 0 Å². The third kappa shape index (κ3) is 16.0. The van der Waals surface area contributed by atoms with Gasteiger partial charge in [0.25, 0.3) is 0 Å². The molecule has 0 aliphatic carbocycles. The maximum Gasteiger partial charge on any atom is 0.0645 e. The summed E-state index contributed by atoms with van der Waals surface area (Å²) in [7, 11) is 0. The fourth-order valence-corrected chi connectivity index (χ4v) is 2.21. The Bertz CT molecular complexity index is 187. The van der Waals surface area contributed by atoms with Crippen LogP contribution in [-0.4, -0.2) is 5.33 Å². The van der Waals surface area contributed by atoms with Crippen LogP contribution in [0.1, 0.15) is 84.0 Å². The minimum Gasteiger partial charge on any atom is -0.102 e. The van der Waals surface area contributed by atoms with Crippen LogP contribution in [0.25, 0.3) is 0 Å². The normalized spacial score (nSPS) is 10.0. The molecule has 0 aromatic carbocycles. The molecule has 100 valence electrons. The molecule has 0 spiro atoms. The molecular formula is C16H29Br. The minimum absolute atomic E-state index is 0.824. The van der Waals surface area contributed by atoms with Crippen LogP contribution < -0.4 is 0 Å². The van der Waals surface area contributed by atoms with Crippen LogP contribution in [0.5, 0.6) is 0 Å². The largest absolute Gasteiger partial charge is 0.102 e. The highest BCUT2D eigenvalue weighted by Crippen LogP contribution is 2.11. The Labute approximate surface area is 117 Å². The van der Waals surface area contributed by atoms with E-state index in [9.17, 15) is 0 Å². The molecule has 17 heavy (non-hydrogen) atoms. The molecular weight excluding hydrogens is 272 g/mol. The van der Waals surface area contributed by atoms with Crippen molar-refractivity contribution >= 4 is 15.9 Å². The van der Waals surface area contributed by atoms with E-state index in [-0.39, 0.29) is 0 Å². The summed E-state index contributed by atoms with van der Waals surface area (Å²) in [6, 6.07) is 0. The van der Waals surface area contributed by atoms with E-state index in [4.69, 9.17) is 0 Å². The van der Waals surface area contributed by atoms with Gasteiger partial charge >= 0.3 is 0 Å². The van der Waals surface area contributed by atoms with Crippen molar-refractivity contribution in [2.75, 3.05) is 5.33 Å². The lowest BCUT2D eigenvalue weighted by Gasteiger charge is -2.01. The first-order valence-electron chi connectivity index (χ1n) is 7.43. The molecule has 0 aromatic heterocycles. The molecule has 0 rings (SSSR count). The summed E-state index contributed by atoms with van der Waals surface area (Å²) in [6.45, 7) is 2.28. The molecule has 0 radical (unpaired) electrons. The highest BCUT2D eigenvalue weighted by Gasteiger charge is 1.92. The van der Waals surface area contributed by atoms with E-state index in [1.54, 1.807) is 0 Å². The number of halogens is 1. The summed E-state index contributed by atoms with van der Waals surface area (Å²) >= 11 is 3.31. The summed E-state index contributed by atoms with van der Waals surface area (Å²) in [5, 5.41) is 0.824. The van der Waals surface area contributed by atoms with Crippen LogP contribution in [0.4, 0.5) is 0 Å². The van der Waals surface area contributed by atoms with Gasteiger partial charge in [-0.05, 0) is 6.42 Å². The Balaban J connectivity index is 2.94. The molecule has 0 aliphatic heterocycles. The molecule has 0 atom stereocenters. The fraction of sp³-hybridized carbons (Fsp3) is 0.875. The highest BCUT2D eigenvalue weighted by molar-refractivity contribution is 9.09. The Morgan fingerprint density at radius 2 is 1.12 bits per heavy atom. The van der Waals surface area contributed by atoms with Crippen LogP contribution in [0.15, 0.2) is 0 Å². The molecule has 0 heterocycles. The fourth-order valence-electron chi connectivity index (χ4n) is 2.01. The van der Waals surface area contributed by atoms with Crippen molar-refractivity contribution < 1.29 is 0 Å². The lowest BCUT2D eigenvalue weighted by atomic mass is 10.1. The van der Waals surface area contributed by atoms with Crippen LogP contribution in [-0.2, 0) is 0 Å². The maximum atomic E-state index is 3.31. The van der Waals surface area contributed by atoms with Crippen molar-refractivity contribution in [3.05, 3.63) is 0 Å². The molecule has 0 unspecified atom stereocenters. The number of hydrogen-bond donors (Lipinski definition) is 0. The molecule has 0 saturated carbocycles. The Morgan fingerprint density at radius 1 is 0.647 bits per heavy atom. The first-order chi connectivity index (χ1) is 8.41. The summed E-state index contributed by atoms with van der Waals surface area (Å²) < 4.78 is 0. The zero-order chi connectivity index (χ0) is 12.6. The summed E-state index contributed by atoms with van der Waals surface area (Å²) in [5.41, 5.74) is 0. The van der Waals surface area contributed by atoms with E-state index in [1.165, 1.54) is 70.6 Å². The number of alkyl halides is 1. The topological polar surface area (TPSA) is 0 Å². The van der Waals surface area contributed by atoms with E-state index in [2.05, 4.69) is 34.7 Å². The number of hydrogen-bond acceptors (Lipinski definition) is 0. The van der Waals surface area contributed by atoms with Crippen molar-refractivity contribution in [3.63, 3.8) is 0 Å². The first-order valence-corrected chi connectivity index (χ1v) is 8.55. The molecule has 1 heteroatoms. The van der Waals surface area contributed by atoms with Gasteiger partial charge in [-0.15, -0.1) is 5.92 Å². The molecule has 0 saturated heterocycles. The number of unbranched alkanes of at least 4 members (excludes halogenated alkanes) is 11. The molecule has 0 N–H and O–H groups in total. The quantitative estimate of drug-likeness (QED) is 0.246. The number of rotatable bonds is 11. The van der Waals surface area contributed by atoms with Crippen molar-refractivity contribution in [3.8, 4) is 11.8 Å². The first kappa shape index (κ1) is 17.0. The molecule has 0 aliphatic rings. The van der Waals surface area contributed by atoms with E-state index in [1.807, 2.05) is 0 Å². The molecule has 0 aromatic rings. The lowest BCUT2D eigenvalue weighted by molar-refractivity contribution is 0.551. The van der Waals surface area contributed by atoms with Gasteiger partial charge in [-0.3, -0.25) is 0 Å². The van der Waals surface area contributed by atoms with Gasteiger partial charge in [-0.25, -0.2) is 0 Å². The predicted molar refractivity (Wildman–Crippen MR) is 82.6 cm³/mol. The summed E-state index contributed by atoms with van der Waals surface area (Å²) in [5.74, 6) is 6.22. The van der Waals surface area contributed by atoms with Gasteiger partial charge < -0.3 is 0 Å². The van der Waals surface area contributed by atoms with Crippen molar-refractivity contribution in [2.45, 2.75) is 84.0 Å². The molecule has 0 nitrogen and oxygen atoms in total.